The molecule has 2 aromatic rings. The predicted octanol–water partition coefficient (Wildman–Crippen LogP) is 1.53. The van der Waals surface area contributed by atoms with Crippen molar-refractivity contribution in [2.75, 3.05) is 11.9 Å². The topological polar surface area (TPSA) is 84.7 Å². The number of anilines is 1. The van der Waals surface area contributed by atoms with E-state index in [4.69, 9.17) is 0 Å². The monoisotopic (exact) mass is 308 g/mol. The number of hydrogen-bond donors (Lipinski definition) is 2. The molecule has 2 heterocycles. The molecular weight excluding hydrogens is 288 g/mol. The first-order valence-corrected chi connectivity index (χ1v) is 7.61. The summed E-state index contributed by atoms with van der Waals surface area (Å²) in [5, 5.41) is 19.3. The van der Waals surface area contributed by atoms with Crippen molar-refractivity contribution in [1.29, 1.82) is 0 Å². The molecule has 0 aliphatic carbocycles. The third-order valence-electron chi connectivity index (χ3n) is 3.23. The van der Waals surface area contributed by atoms with Gasteiger partial charge in [-0.2, -0.15) is 5.10 Å². The number of amides is 1. The van der Waals surface area contributed by atoms with E-state index in [9.17, 15) is 4.79 Å². The van der Waals surface area contributed by atoms with Gasteiger partial charge in [0.05, 0.1) is 18.8 Å². The zero-order chi connectivity index (χ0) is 15.4. The lowest BCUT2D eigenvalue weighted by Crippen LogP contribution is -2.39. The third-order valence-corrected chi connectivity index (χ3v) is 3.98. The molecular formula is C13H20N6OS. The Morgan fingerprint density at radius 2 is 2.14 bits per heavy atom. The van der Waals surface area contributed by atoms with Crippen LogP contribution in [0, 0.1) is 13.8 Å². The molecule has 0 aliphatic heterocycles. The van der Waals surface area contributed by atoms with Gasteiger partial charge in [-0.1, -0.05) is 11.3 Å². The van der Waals surface area contributed by atoms with Crippen molar-refractivity contribution >= 4 is 22.4 Å². The van der Waals surface area contributed by atoms with Crippen LogP contribution < -0.4 is 10.6 Å². The van der Waals surface area contributed by atoms with Gasteiger partial charge in [0.15, 0.2) is 0 Å². The summed E-state index contributed by atoms with van der Waals surface area (Å²) in [6.45, 7) is 8.18. The fourth-order valence-electron chi connectivity index (χ4n) is 1.82. The van der Waals surface area contributed by atoms with Crippen molar-refractivity contribution < 1.29 is 4.79 Å². The van der Waals surface area contributed by atoms with E-state index in [0.717, 1.165) is 10.6 Å². The Morgan fingerprint density at radius 3 is 2.71 bits per heavy atom. The smallest absolute Gasteiger partial charge is 0.240 e. The van der Waals surface area contributed by atoms with Gasteiger partial charge >= 0.3 is 0 Å². The summed E-state index contributed by atoms with van der Waals surface area (Å²) < 4.78 is 1.90. The number of hydrogen-bond acceptors (Lipinski definition) is 6. The molecule has 0 aliphatic rings. The molecule has 1 amide bonds. The van der Waals surface area contributed by atoms with Crippen molar-refractivity contribution in [3.05, 3.63) is 23.0 Å². The van der Waals surface area contributed by atoms with Crippen LogP contribution >= 0.6 is 11.3 Å². The molecule has 21 heavy (non-hydrogen) atoms. The first-order chi connectivity index (χ1) is 9.95. The van der Waals surface area contributed by atoms with E-state index in [1.165, 1.54) is 11.3 Å². The van der Waals surface area contributed by atoms with Crippen molar-refractivity contribution in [2.24, 2.45) is 0 Å². The highest BCUT2D eigenvalue weighted by Crippen LogP contribution is 2.13. The molecule has 7 nitrogen and oxygen atoms in total. The maximum atomic E-state index is 11.8. The van der Waals surface area contributed by atoms with Gasteiger partial charge in [-0.3, -0.25) is 14.8 Å². The number of aromatic nitrogens is 4. The van der Waals surface area contributed by atoms with Crippen molar-refractivity contribution in [3.63, 3.8) is 0 Å². The molecule has 8 heteroatoms. The number of carbonyl (C=O) groups excluding carboxylic acids is 1. The van der Waals surface area contributed by atoms with Crippen LogP contribution in [0.1, 0.15) is 30.5 Å². The Bertz CT molecular complexity index is 607. The molecule has 2 aromatic heterocycles. The molecule has 0 spiro atoms. The van der Waals surface area contributed by atoms with Gasteiger partial charge in [-0.25, -0.2) is 0 Å². The van der Waals surface area contributed by atoms with Gasteiger partial charge in [0, 0.05) is 12.2 Å². The van der Waals surface area contributed by atoms with Crippen LogP contribution in [0.15, 0.2) is 12.4 Å². The van der Waals surface area contributed by atoms with Gasteiger partial charge in [-0.05, 0) is 33.3 Å². The van der Waals surface area contributed by atoms with Crippen LogP contribution in [0.5, 0.6) is 0 Å². The second kappa shape index (κ2) is 6.77. The van der Waals surface area contributed by atoms with E-state index in [1.54, 1.807) is 0 Å². The number of aryl methyl sites for hydroxylation is 2. The Kier molecular flexibility index (Phi) is 5.03. The van der Waals surface area contributed by atoms with Crippen LogP contribution in [-0.4, -0.2) is 38.5 Å². The maximum absolute atomic E-state index is 11.8. The summed E-state index contributed by atoms with van der Waals surface area (Å²) in [5.41, 5.74) is 1.12. The highest BCUT2D eigenvalue weighted by Gasteiger charge is 2.16. The average Bonchev–Trinajstić information content (AvgIpc) is 3.04. The zero-order valence-corrected chi connectivity index (χ0v) is 13.4. The molecule has 0 saturated carbocycles. The SMILES string of the molecule is Cc1cnn([C@H](C)[C@H](C)NCC(=O)Nc2nnc(C)s2)c1. The third kappa shape index (κ3) is 4.33. The Hall–Kier alpha value is -1.80. The first kappa shape index (κ1) is 15.6. The van der Waals surface area contributed by atoms with E-state index in [1.807, 2.05) is 37.8 Å². The summed E-state index contributed by atoms with van der Waals surface area (Å²) >= 11 is 1.36. The molecule has 114 valence electrons. The van der Waals surface area contributed by atoms with Gasteiger partial charge in [0.1, 0.15) is 5.01 Å². The van der Waals surface area contributed by atoms with Crippen LogP contribution in [0.3, 0.4) is 0 Å². The maximum Gasteiger partial charge on any atom is 0.240 e. The second-order valence-electron chi connectivity index (χ2n) is 5.08. The zero-order valence-electron chi connectivity index (χ0n) is 12.6. The standard InChI is InChI=1S/C13H20N6OS/c1-8-5-15-19(7-8)10(3)9(2)14-6-12(20)16-13-18-17-11(4)21-13/h5,7,9-10,14H,6H2,1-4H3,(H,16,18,20)/t9-,10+/m0/s1. The minimum Gasteiger partial charge on any atom is -0.304 e. The fourth-order valence-corrected chi connectivity index (χ4v) is 2.43. The molecule has 0 bridgehead atoms. The number of carbonyl (C=O) groups is 1. The van der Waals surface area contributed by atoms with Crippen LogP contribution in [-0.2, 0) is 4.79 Å². The van der Waals surface area contributed by atoms with Gasteiger partial charge in [0.25, 0.3) is 0 Å². The lowest BCUT2D eigenvalue weighted by molar-refractivity contribution is -0.115. The lowest BCUT2D eigenvalue weighted by Gasteiger charge is -2.21. The highest BCUT2D eigenvalue weighted by molar-refractivity contribution is 7.15. The number of rotatable bonds is 6. The summed E-state index contributed by atoms with van der Waals surface area (Å²) in [4.78, 5) is 11.8. The van der Waals surface area contributed by atoms with Crippen molar-refractivity contribution in [1.82, 2.24) is 25.3 Å². The minimum atomic E-state index is -0.123. The molecule has 0 radical (unpaired) electrons. The number of nitrogens with zero attached hydrogens (tertiary/aromatic N) is 4. The number of nitrogens with one attached hydrogen (secondary N) is 2. The van der Waals surface area contributed by atoms with Crippen LogP contribution in [0.4, 0.5) is 5.13 Å². The molecule has 0 unspecified atom stereocenters. The average molecular weight is 308 g/mol. The van der Waals surface area contributed by atoms with Crippen molar-refractivity contribution in [2.45, 2.75) is 39.8 Å². The molecule has 0 aromatic carbocycles. The van der Waals surface area contributed by atoms with Gasteiger partial charge < -0.3 is 5.32 Å². The predicted molar refractivity (Wildman–Crippen MR) is 82.4 cm³/mol. The summed E-state index contributed by atoms with van der Waals surface area (Å²) in [5.74, 6) is -0.123. The summed E-state index contributed by atoms with van der Waals surface area (Å²) in [6.07, 6.45) is 3.82. The quantitative estimate of drug-likeness (QED) is 0.845. The fraction of sp³-hybridized carbons (Fsp3) is 0.538. The van der Waals surface area contributed by atoms with E-state index in [0.29, 0.717) is 5.13 Å². The molecule has 2 N–H and O–H groups in total. The van der Waals surface area contributed by atoms with Gasteiger partial charge in [0.2, 0.25) is 11.0 Å². The second-order valence-corrected chi connectivity index (χ2v) is 6.26. The Labute approximate surface area is 127 Å². The van der Waals surface area contributed by atoms with Crippen molar-refractivity contribution in [3.8, 4) is 0 Å². The van der Waals surface area contributed by atoms with E-state index in [-0.39, 0.29) is 24.5 Å². The van der Waals surface area contributed by atoms with Crippen LogP contribution in [0.2, 0.25) is 0 Å². The molecule has 0 saturated heterocycles. The molecule has 2 atom stereocenters. The minimum absolute atomic E-state index is 0.117. The van der Waals surface area contributed by atoms with E-state index < -0.39 is 0 Å². The van der Waals surface area contributed by atoms with Gasteiger partial charge in [-0.15, -0.1) is 10.2 Å². The van der Waals surface area contributed by atoms with Crippen LogP contribution in [0.25, 0.3) is 0 Å². The Morgan fingerprint density at radius 1 is 1.38 bits per heavy atom. The van der Waals surface area contributed by atoms with E-state index in [2.05, 4.69) is 32.9 Å². The Balaban J connectivity index is 1.80. The van der Waals surface area contributed by atoms with E-state index >= 15 is 0 Å². The summed E-state index contributed by atoms with van der Waals surface area (Å²) in [6, 6.07) is 0.279. The molecule has 2 rings (SSSR count). The highest BCUT2D eigenvalue weighted by atomic mass is 32.1. The first-order valence-electron chi connectivity index (χ1n) is 6.80. The lowest BCUT2D eigenvalue weighted by atomic mass is 10.2. The molecule has 0 fully saturated rings. The normalized spacial score (nSPS) is 13.9. The largest absolute Gasteiger partial charge is 0.304 e. The summed E-state index contributed by atoms with van der Waals surface area (Å²) in [7, 11) is 0.